The molecular formula is C20H33N3O2S. The number of carbonyl (C=O) groups excluding carboxylic acids is 1. The number of thioether (sulfide) groups is 1. The first-order valence-electron chi connectivity index (χ1n) is 8.98. The van der Waals surface area contributed by atoms with Crippen molar-refractivity contribution in [2.24, 2.45) is 0 Å². The number of urea groups is 1. The zero-order chi connectivity index (χ0) is 19.5. The van der Waals surface area contributed by atoms with Crippen LogP contribution in [0.1, 0.15) is 32.6 Å². The Kier molecular flexibility index (Phi) is 10.2. The molecule has 0 bridgehead atoms. The van der Waals surface area contributed by atoms with E-state index in [2.05, 4.69) is 27.5 Å². The van der Waals surface area contributed by atoms with Gasteiger partial charge in [0.25, 0.3) is 0 Å². The Morgan fingerprint density at radius 3 is 2.69 bits per heavy atom. The Morgan fingerprint density at radius 2 is 2.15 bits per heavy atom. The third kappa shape index (κ3) is 8.63. The minimum atomic E-state index is -0.146. The fourth-order valence-electron chi connectivity index (χ4n) is 2.80. The van der Waals surface area contributed by atoms with E-state index in [1.165, 1.54) is 5.57 Å². The molecule has 1 aliphatic carbocycles. The SMILES string of the molecule is C=C/C(=C\SC)C[C@@H](C)NC(=O)NCC(CC1=CC=C(O)CC1)N(C)C. The van der Waals surface area contributed by atoms with Crippen LogP contribution in [0.15, 0.2) is 47.1 Å². The lowest BCUT2D eigenvalue weighted by atomic mass is 9.96. The maximum Gasteiger partial charge on any atom is 0.315 e. The third-order valence-corrected chi connectivity index (χ3v) is 4.93. The molecular weight excluding hydrogens is 346 g/mol. The van der Waals surface area contributed by atoms with Crippen LogP contribution < -0.4 is 10.6 Å². The molecule has 0 aromatic carbocycles. The number of rotatable bonds is 10. The summed E-state index contributed by atoms with van der Waals surface area (Å²) in [7, 11) is 4.04. The average Bonchev–Trinajstić information content (AvgIpc) is 2.59. The van der Waals surface area contributed by atoms with E-state index in [1.807, 2.05) is 39.4 Å². The summed E-state index contributed by atoms with van der Waals surface area (Å²) in [6.07, 6.45) is 10.8. The zero-order valence-electron chi connectivity index (χ0n) is 16.4. The maximum atomic E-state index is 12.2. The molecule has 0 saturated carbocycles. The molecule has 6 heteroatoms. The summed E-state index contributed by atoms with van der Waals surface area (Å²) in [6, 6.07) is 0.113. The number of nitrogens with zero attached hydrogens (tertiary/aromatic N) is 1. The molecule has 26 heavy (non-hydrogen) atoms. The molecule has 1 aliphatic rings. The number of aliphatic hydroxyl groups is 1. The fourth-order valence-corrected chi connectivity index (χ4v) is 3.30. The van der Waals surface area contributed by atoms with E-state index in [9.17, 15) is 9.90 Å². The van der Waals surface area contributed by atoms with Gasteiger partial charge in [-0.3, -0.25) is 0 Å². The monoisotopic (exact) mass is 379 g/mol. The summed E-state index contributed by atoms with van der Waals surface area (Å²) in [4.78, 5) is 14.3. The number of allylic oxidation sites excluding steroid dienone is 4. The number of nitrogens with one attached hydrogen (secondary N) is 2. The predicted molar refractivity (Wildman–Crippen MR) is 113 cm³/mol. The number of hydrogen-bond donors (Lipinski definition) is 3. The van der Waals surface area contributed by atoms with Gasteiger partial charge in [-0.1, -0.05) is 24.3 Å². The number of amides is 2. The molecule has 5 nitrogen and oxygen atoms in total. The first kappa shape index (κ1) is 22.4. The van der Waals surface area contributed by atoms with Crippen molar-refractivity contribution in [1.29, 1.82) is 0 Å². The highest BCUT2D eigenvalue weighted by atomic mass is 32.2. The van der Waals surface area contributed by atoms with Crippen molar-refractivity contribution in [3.8, 4) is 0 Å². The zero-order valence-corrected chi connectivity index (χ0v) is 17.2. The molecule has 1 unspecified atom stereocenters. The summed E-state index contributed by atoms with van der Waals surface area (Å²) < 4.78 is 0. The maximum absolute atomic E-state index is 12.2. The van der Waals surface area contributed by atoms with Crippen molar-refractivity contribution in [3.05, 3.63) is 47.1 Å². The molecule has 0 aliphatic heterocycles. The molecule has 146 valence electrons. The van der Waals surface area contributed by atoms with E-state index in [-0.39, 0.29) is 18.1 Å². The van der Waals surface area contributed by atoms with Gasteiger partial charge in [-0.15, -0.1) is 11.8 Å². The van der Waals surface area contributed by atoms with E-state index in [0.29, 0.717) is 18.7 Å². The van der Waals surface area contributed by atoms with Crippen molar-refractivity contribution in [2.45, 2.75) is 44.7 Å². The van der Waals surface area contributed by atoms with Crippen molar-refractivity contribution in [2.75, 3.05) is 26.9 Å². The molecule has 0 fully saturated rings. The van der Waals surface area contributed by atoms with Crippen LogP contribution in [0.2, 0.25) is 0 Å². The molecule has 0 spiro atoms. The molecule has 0 saturated heterocycles. The molecule has 3 N–H and O–H groups in total. The standard InChI is InChI=1S/C20H33N3O2S/c1-6-16(14-26-5)11-15(2)22-20(25)21-13-18(23(3)4)12-17-7-9-19(24)10-8-17/h6-7,9,14-15,18,24H,1,8,10-13H2,2-5H3,(H2,21,22,25)/b16-14+/t15-,18?/m1/s1. The summed E-state index contributed by atoms with van der Waals surface area (Å²) in [5, 5.41) is 17.5. The minimum Gasteiger partial charge on any atom is -0.512 e. The minimum absolute atomic E-state index is 0.0402. The van der Waals surface area contributed by atoms with E-state index in [0.717, 1.165) is 24.8 Å². The summed E-state index contributed by atoms with van der Waals surface area (Å²) in [6.45, 7) is 6.38. The van der Waals surface area contributed by atoms with Crippen LogP contribution in [0.3, 0.4) is 0 Å². The Hall–Kier alpha value is -1.66. The highest BCUT2D eigenvalue weighted by molar-refractivity contribution is 8.01. The fraction of sp³-hybridized carbons (Fsp3) is 0.550. The van der Waals surface area contributed by atoms with Gasteiger partial charge in [-0.05, 0) is 63.6 Å². The lowest BCUT2D eigenvalue weighted by Crippen LogP contribution is -2.46. The quantitative estimate of drug-likeness (QED) is 0.502. The Balaban J connectivity index is 2.46. The molecule has 2 amide bonds. The van der Waals surface area contributed by atoms with Gasteiger partial charge < -0.3 is 20.6 Å². The molecule has 0 aromatic rings. The highest BCUT2D eigenvalue weighted by Gasteiger charge is 2.17. The Bertz CT molecular complexity index is 567. The van der Waals surface area contributed by atoms with Crippen molar-refractivity contribution in [1.82, 2.24) is 15.5 Å². The first-order valence-corrected chi connectivity index (χ1v) is 10.3. The smallest absolute Gasteiger partial charge is 0.315 e. The Labute approximate surface area is 162 Å². The van der Waals surface area contributed by atoms with Crippen LogP contribution in [0.5, 0.6) is 0 Å². The second-order valence-corrected chi connectivity index (χ2v) is 7.60. The lowest BCUT2D eigenvalue weighted by molar-refractivity contribution is 0.229. The Morgan fingerprint density at radius 1 is 1.42 bits per heavy atom. The van der Waals surface area contributed by atoms with Gasteiger partial charge in [0, 0.05) is 25.0 Å². The third-order valence-electron chi connectivity index (χ3n) is 4.39. The molecule has 1 rings (SSSR count). The van der Waals surface area contributed by atoms with E-state index in [4.69, 9.17) is 0 Å². The van der Waals surface area contributed by atoms with Crippen molar-refractivity contribution < 1.29 is 9.90 Å². The van der Waals surface area contributed by atoms with Crippen LogP contribution >= 0.6 is 11.8 Å². The van der Waals surface area contributed by atoms with Crippen LogP contribution in [0, 0.1) is 0 Å². The molecule has 0 heterocycles. The van der Waals surface area contributed by atoms with E-state index >= 15 is 0 Å². The van der Waals surface area contributed by atoms with E-state index < -0.39 is 0 Å². The topological polar surface area (TPSA) is 64.6 Å². The second kappa shape index (κ2) is 11.9. The van der Waals surface area contributed by atoms with Crippen LogP contribution in [0.4, 0.5) is 4.79 Å². The normalized spacial score (nSPS) is 17.2. The van der Waals surface area contributed by atoms with Gasteiger partial charge >= 0.3 is 6.03 Å². The van der Waals surface area contributed by atoms with E-state index in [1.54, 1.807) is 17.8 Å². The first-order chi connectivity index (χ1) is 12.3. The van der Waals surface area contributed by atoms with Crippen LogP contribution in [0.25, 0.3) is 0 Å². The van der Waals surface area contributed by atoms with Gasteiger partial charge in [0.2, 0.25) is 0 Å². The van der Waals surface area contributed by atoms with Gasteiger partial charge in [0.05, 0.1) is 5.76 Å². The molecule has 2 atom stereocenters. The van der Waals surface area contributed by atoms with Crippen molar-refractivity contribution in [3.63, 3.8) is 0 Å². The summed E-state index contributed by atoms with van der Waals surface area (Å²) in [5.41, 5.74) is 2.42. The van der Waals surface area contributed by atoms with Crippen LogP contribution in [-0.4, -0.2) is 55.0 Å². The molecule has 0 radical (unpaired) electrons. The van der Waals surface area contributed by atoms with Gasteiger partial charge in [0.1, 0.15) is 0 Å². The highest BCUT2D eigenvalue weighted by Crippen LogP contribution is 2.21. The summed E-state index contributed by atoms with van der Waals surface area (Å²) in [5.74, 6) is 0.441. The second-order valence-electron chi connectivity index (χ2n) is 6.90. The number of likely N-dealkylation sites (N-methyl/N-ethyl adjacent to an activating group) is 1. The number of carbonyl (C=O) groups is 1. The average molecular weight is 380 g/mol. The summed E-state index contributed by atoms with van der Waals surface area (Å²) >= 11 is 1.64. The van der Waals surface area contributed by atoms with Gasteiger partial charge in [-0.25, -0.2) is 4.79 Å². The number of hydrogen-bond acceptors (Lipinski definition) is 4. The van der Waals surface area contributed by atoms with Gasteiger partial charge in [0.15, 0.2) is 0 Å². The van der Waals surface area contributed by atoms with Gasteiger partial charge in [-0.2, -0.15) is 0 Å². The number of aliphatic hydroxyl groups excluding tert-OH is 1. The molecule has 0 aromatic heterocycles. The van der Waals surface area contributed by atoms with Crippen LogP contribution in [-0.2, 0) is 0 Å². The largest absolute Gasteiger partial charge is 0.512 e. The predicted octanol–water partition coefficient (Wildman–Crippen LogP) is 3.98. The lowest BCUT2D eigenvalue weighted by Gasteiger charge is -2.27. The van der Waals surface area contributed by atoms with Crippen molar-refractivity contribution >= 4 is 17.8 Å².